The molecule has 2 N–H and O–H groups in total. The second-order valence-electron chi connectivity index (χ2n) is 6.64. The van der Waals surface area contributed by atoms with E-state index in [1.807, 2.05) is 0 Å². The van der Waals surface area contributed by atoms with Crippen LogP contribution in [0.4, 0.5) is 0 Å². The molecule has 2 aromatic heterocycles. The Hall–Kier alpha value is -2.94. The quantitative estimate of drug-likeness (QED) is 0.668. The summed E-state index contributed by atoms with van der Waals surface area (Å²) in [6.45, 7) is 1.72. The fraction of sp³-hybridized carbons (Fsp3) is 0.474. The molecule has 2 amide bonds. The van der Waals surface area contributed by atoms with E-state index in [-0.39, 0.29) is 36.7 Å². The van der Waals surface area contributed by atoms with E-state index in [2.05, 4.69) is 10.3 Å². The molecule has 1 aliphatic rings. The molecule has 0 aliphatic carbocycles. The standard InChI is InChI=1S/C19H24N4O5/c1-28-12-8-21-18(26)15-17(25)16-13(5-4-7-20-16)23(19(15)27)11-10-22-9-3-2-6-14(22)24/h4-5,7,25H,2-3,6,8-12H2,1H3,(H,21,26). The number of carbonyl (C=O) groups excluding carboxylic acids is 2. The van der Waals surface area contributed by atoms with Crippen LogP contribution in [0.2, 0.25) is 0 Å². The van der Waals surface area contributed by atoms with Crippen molar-refractivity contribution in [1.29, 1.82) is 0 Å². The number of fused-ring (bicyclic) bond motifs is 1. The van der Waals surface area contributed by atoms with Crippen LogP contribution in [0.3, 0.4) is 0 Å². The van der Waals surface area contributed by atoms with Gasteiger partial charge in [-0.2, -0.15) is 0 Å². The number of nitrogens with one attached hydrogen (secondary N) is 1. The second-order valence-corrected chi connectivity index (χ2v) is 6.64. The molecule has 150 valence electrons. The molecule has 0 spiro atoms. The number of rotatable bonds is 7. The molecule has 3 heterocycles. The summed E-state index contributed by atoms with van der Waals surface area (Å²) in [5.74, 6) is -1.06. The predicted octanol–water partition coefficient (Wildman–Crippen LogP) is 0.491. The molecule has 3 rings (SSSR count). The van der Waals surface area contributed by atoms with E-state index >= 15 is 0 Å². The first-order chi connectivity index (χ1) is 13.5. The maximum Gasteiger partial charge on any atom is 0.267 e. The number of hydrogen-bond donors (Lipinski definition) is 2. The lowest BCUT2D eigenvalue weighted by molar-refractivity contribution is -0.133. The third kappa shape index (κ3) is 3.99. The minimum absolute atomic E-state index is 0.0676. The van der Waals surface area contributed by atoms with Crippen LogP contribution >= 0.6 is 0 Å². The maximum atomic E-state index is 13.0. The zero-order valence-corrected chi connectivity index (χ0v) is 15.8. The van der Waals surface area contributed by atoms with Gasteiger partial charge in [-0.25, -0.2) is 0 Å². The van der Waals surface area contributed by atoms with Crippen molar-refractivity contribution < 1.29 is 19.4 Å². The number of aromatic hydroxyl groups is 1. The van der Waals surface area contributed by atoms with E-state index in [1.165, 1.54) is 17.9 Å². The summed E-state index contributed by atoms with van der Waals surface area (Å²) in [6, 6.07) is 3.32. The monoisotopic (exact) mass is 388 g/mol. The number of pyridine rings is 2. The van der Waals surface area contributed by atoms with E-state index in [0.29, 0.717) is 25.0 Å². The Balaban J connectivity index is 1.97. The van der Waals surface area contributed by atoms with Crippen LogP contribution in [-0.2, 0) is 16.1 Å². The smallest absolute Gasteiger partial charge is 0.267 e. The molecule has 1 aliphatic heterocycles. The first-order valence-corrected chi connectivity index (χ1v) is 9.30. The Morgan fingerprint density at radius 3 is 2.89 bits per heavy atom. The first-order valence-electron chi connectivity index (χ1n) is 9.30. The van der Waals surface area contributed by atoms with Gasteiger partial charge in [0.15, 0.2) is 5.75 Å². The number of nitrogens with zero attached hydrogens (tertiary/aromatic N) is 3. The van der Waals surface area contributed by atoms with Crippen molar-refractivity contribution in [2.75, 3.05) is 33.4 Å². The summed E-state index contributed by atoms with van der Waals surface area (Å²) >= 11 is 0. The van der Waals surface area contributed by atoms with E-state index < -0.39 is 17.2 Å². The number of carbonyl (C=O) groups is 2. The lowest BCUT2D eigenvalue weighted by Crippen LogP contribution is -2.40. The normalized spacial score (nSPS) is 14.5. The third-order valence-electron chi connectivity index (χ3n) is 4.83. The first kappa shape index (κ1) is 19.8. The van der Waals surface area contributed by atoms with Crippen molar-refractivity contribution in [3.05, 3.63) is 34.2 Å². The van der Waals surface area contributed by atoms with Crippen LogP contribution < -0.4 is 10.9 Å². The molecule has 0 atom stereocenters. The zero-order valence-electron chi connectivity index (χ0n) is 15.8. The second kappa shape index (κ2) is 8.83. The average Bonchev–Trinajstić information content (AvgIpc) is 2.69. The van der Waals surface area contributed by atoms with Gasteiger partial charge in [0.05, 0.1) is 12.1 Å². The number of hydrogen-bond acceptors (Lipinski definition) is 6. The molecular weight excluding hydrogens is 364 g/mol. The van der Waals surface area contributed by atoms with Crippen molar-refractivity contribution in [3.8, 4) is 5.75 Å². The van der Waals surface area contributed by atoms with Crippen LogP contribution in [-0.4, -0.2) is 64.7 Å². The SMILES string of the molecule is COCCNC(=O)c1c(O)c2ncccc2n(CCN2CCCCC2=O)c1=O. The number of ether oxygens (including phenoxy) is 1. The molecule has 1 saturated heterocycles. The molecule has 28 heavy (non-hydrogen) atoms. The van der Waals surface area contributed by atoms with Gasteiger partial charge in [0.2, 0.25) is 5.91 Å². The Morgan fingerprint density at radius 2 is 2.14 bits per heavy atom. The highest BCUT2D eigenvalue weighted by Gasteiger charge is 2.24. The molecule has 9 nitrogen and oxygen atoms in total. The highest BCUT2D eigenvalue weighted by molar-refractivity contribution is 6.01. The molecule has 0 saturated carbocycles. The third-order valence-corrected chi connectivity index (χ3v) is 4.83. The fourth-order valence-electron chi connectivity index (χ4n) is 3.36. The summed E-state index contributed by atoms with van der Waals surface area (Å²) < 4.78 is 6.29. The molecule has 9 heteroatoms. The molecule has 0 bridgehead atoms. The van der Waals surface area contributed by atoms with Gasteiger partial charge < -0.3 is 24.6 Å². The molecule has 1 fully saturated rings. The predicted molar refractivity (Wildman–Crippen MR) is 102 cm³/mol. The number of methoxy groups -OCH3 is 1. The van der Waals surface area contributed by atoms with Gasteiger partial charge in [0.25, 0.3) is 11.5 Å². The van der Waals surface area contributed by atoms with Crippen molar-refractivity contribution in [2.45, 2.75) is 25.8 Å². The maximum absolute atomic E-state index is 13.0. The van der Waals surface area contributed by atoms with E-state index in [0.717, 1.165) is 12.8 Å². The van der Waals surface area contributed by atoms with Gasteiger partial charge in [-0.3, -0.25) is 19.4 Å². The Kier molecular flexibility index (Phi) is 6.25. The lowest BCUT2D eigenvalue weighted by Gasteiger charge is -2.27. The summed E-state index contributed by atoms with van der Waals surface area (Å²) in [4.78, 5) is 43.4. The van der Waals surface area contributed by atoms with Crippen LogP contribution in [0, 0.1) is 0 Å². The van der Waals surface area contributed by atoms with E-state index in [4.69, 9.17) is 4.74 Å². The Morgan fingerprint density at radius 1 is 1.32 bits per heavy atom. The molecule has 0 radical (unpaired) electrons. The Bertz CT molecular complexity index is 940. The van der Waals surface area contributed by atoms with Crippen LogP contribution in [0.25, 0.3) is 11.0 Å². The zero-order chi connectivity index (χ0) is 20.1. The van der Waals surface area contributed by atoms with Crippen molar-refractivity contribution in [2.24, 2.45) is 0 Å². The number of amides is 2. The van der Waals surface area contributed by atoms with Crippen molar-refractivity contribution in [3.63, 3.8) is 0 Å². The summed E-state index contributed by atoms with van der Waals surface area (Å²) in [6.07, 6.45) is 3.82. The topological polar surface area (TPSA) is 114 Å². The average molecular weight is 388 g/mol. The van der Waals surface area contributed by atoms with Crippen LogP contribution in [0.15, 0.2) is 23.1 Å². The number of likely N-dealkylation sites (tertiary alicyclic amines) is 1. The molecule has 0 aromatic carbocycles. The minimum Gasteiger partial charge on any atom is -0.505 e. The fourth-order valence-corrected chi connectivity index (χ4v) is 3.36. The largest absolute Gasteiger partial charge is 0.505 e. The number of aromatic nitrogens is 2. The van der Waals surface area contributed by atoms with E-state index in [1.54, 1.807) is 17.0 Å². The van der Waals surface area contributed by atoms with E-state index in [9.17, 15) is 19.5 Å². The summed E-state index contributed by atoms with van der Waals surface area (Å²) in [5.41, 5.74) is -0.378. The van der Waals surface area contributed by atoms with Gasteiger partial charge in [0.1, 0.15) is 11.1 Å². The van der Waals surface area contributed by atoms with Gasteiger partial charge in [-0.1, -0.05) is 0 Å². The van der Waals surface area contributed by atoms with Gasteiger partial charge >= 0.3 is 0 Å². The lowest BCUT2D eigenvalue weighted by atomic mass is 10.1. The summed E-state index contributed by atoms with van der Waals surface area (Å²) in [7, 11) is 1.50. The van der Waals surface area contributed by atoms with Crippen molar-refractivity contribution in [1.82, 2.24) is 19.8 Å². The van der Waals surface area contributed by atoms with Crippen molar-refractivity contribution >= 4 is 22.8 Å². The summed E-state index contributed by atoms with van der Waals surface area (Å²) in [5, 5.41) is 13.1. The molecule has 2 aromatic rings. The number of piperidine rings is 1. The van der Waals surface area contributed by atoms with Gasteiger partial charge in [-0.05, 0) is 25.0 Å². The van der Waals surface area contributed by atoms with Gasteiger partial charge in [-0.15, -0.1) is 0 Å². The molecular formula is C19H24N4O5. The minimum atomic E-state index is -0.685. The van der Waals surface area contributed by atoms with Crippen LogP contribution in [0.1, 0.15) is 29.6 Å². The van der Waals surface area contributed by atoms with Gasteiger partial charge in [0, 0.05) is 45.9 Å². The highest BCUT2D eigenvalue weighted by Crippen LogP contribution is 2.24. The highest BCUT2D eigenvalue weighted by atomic mass is 16.5. The molecule has 0 unspecified atom stereocenters. The van der Waals surface area contributed by atoms with Crippen LogP contribution in [0.5, 0.6) is 5.75 Å². The Labute approximate surface area is 161 Å².